The Bertz CT molecular complexity index is 290. The lowest BCUT2D eigenvalue weighted by molar-refractivity contribution is 0.276. The molecule has 0 aromatic heterocycles. The highest BCUT2D eigenvalue weighted by molar-refractivity contribution is 9.10. The van der Waals surface area contributed by atoms with Crippen LogP contribution < -0.4 is 0 Å². The Labute approximate surface area is 102 Å². The molecule has 0 unspecified atom stereocenters. The van der Waals surface area contributed by atoms with E-state index in [1.165, 1.54) is 5.56 Å². The summed E-state index contributed by atoms with van der Waals surface area (Å²) in [6.45, 7) is 0. The summed E-state index contributed by atoms with van der Waals surface area (Å²) < 4.78 is 11.7. The van der Waals surface area contributed by atoms with Crippen LogP contribution in [0.15, 0.2) is 28.7 Å². The minimum absolute atomic E-state index is 1.07. The average molecular weight is 289 g/mol. The predicted molar refractivity (Wildman–Crippen MR) is 68.4 cm³/mol. The number of benzene rings is 1. The monoisotopic (exact) mass is 288 g/mol. The molecule has 0 atom stereocenters. The molecule has 0 aliphatic rings. The standard InChI is InChI=1S/C11H17BrO2Si/c1-13-15(14-2)8-4-6-10-5-3-7-11(12)9-10/h3,5,7,9,15H,4,6,8H2,1-2H3. The molecule has 1 aromatic rings. The molecule has 15 heavy (non-hydrogen) atoms. The molecule has 0 bridgehead atoms. The van der Waals surface area contributed by atoms with Crippen LogP contribution in [-0.2, 0) is 15.3 Å². The third kappa shape index (κ3) is 4.93. The van der Waals surface area contributed by atoms with E-state index in [4.69, 9.17) is 8.85 Å². The summed E-state index contributed by atoms with van der Waals surface area (Å²) in [6, 6.07) is 9.50. The Kier molecular flexibility index (Phi) is 6.17. The van der Waals surface area contributed by atoms with E-state index in [1.807, 2.05) is 6.07 Å². The minimum Gasteiger partial charge on any atom is -0.400 e. The average Bonchev–Trinajstić information content (AvgIpc) is 2.25. The number of hydrogen-bond acceptors (Lipinski definition) is 2. The first-order chi connectivity index (χ1) is 7.26. The van der Waals surface area contributed by atoms with Crippen molar-refractivity contribution in [2.45, 2.75) is 18.9 Å². The fourth-order valence-corrected chi connectivity index (χ4v) is 3.15. The SMILES string of the molecule is CO[SiH](CCCc1cccc(Br)c1)OC. The van der Waals surface area contributed by atoms with Crippen molar-refractivity contribution >= 4 is 25.2 Å². The first-order valence-electron chi connectivity index (χ1n) is 5.06. The largest absolute Gasteiger partial charge is 0.400 e. The van der Waals surface area contributed by atoms with Crippen LogP contribution >= 0.6 is 15.9 Å². The second-order valence-electron chi connectivity index (χ2n) is 3.42. The van der Waals surface area contributed by atoms with Gasteiger partial charge in [0.15, 0.2) is 0 Å². The van der Waals surface area contributed by atoms with E-state index in [2.05, 4.69) is 34.1 Å². The molecule has 4 heteroatoms. The maximum Gasteiger partial charge on any atom is 0.320 e. The number of hydrogen-bond donors (Lipinski definition) is 0. The zero-order chi connectivity index (χ0) is 11.1. The van der Waals surface area contributed by atoms with Gasteiger partial charge in [-0.15, -0.1) is 0 Å². The Morgan fingerprint density at radius 1 is 1.27 bits per heavy atom. The molecule has 1 aromatic carbocycles. The quantitative estimate of drug-likeness (QED) is 0.750. The van der Waals surface area contributed by atoms with Crippen molar-refractivity contribution in [3.63, 3.8) is 0 Å². The van der Waals surface area contributed by atoms with Crippen molar-refractivity contribution in [2.75, 3.05) is 14.2 Å². The van der Waals surface area contributed by atoms with Crippen LogP contribution in [0.25, 0.3) is 0 Å². The zero-order valence-electron chi connectivity index (χ0n) is 9.20. The number of rotatable bonds is 6. The molecule has 1 rings (SSSR count). The molecule has 0 N–H and O–H groups in total. The van der Waals surface area contributed by atoms with Gasteiger partial charge in [-0.1, -0.05) is 28.1 Å². The Morgan fingerprint density at radius 2 is 2.00 bits per heavy atom. The first-order valence-corrected chi connectivity index (χ1v) is 7.61. The zero-order valence-corrected chi connectivity index (χ0v) is 11.9. The van der Waals surface area contributed by atoms with Crippen LogP contribution in [0.1, 0.15) is 12.0 Å². The molecular weight excluding hydrogens is 272 g/mol. The lowest BCUT2D eigenvalue weighted by Crippen LogP contribution is -2.18. The van der Waals surface area contributed by atoms with Crippen LogP contribution in [0.3, 0.4) is 0 Å². The van der Waals surface area contributed by atoms with Crippen LogP contribution in [0.2, 0.25) is 6.04 Å². The molecule has 0 radical (unpaired) electrons. The van der Waals surface area contributed by atoms with Crippen LogP contribution in [-0.4, -0.2) is 23.5 Å². The Hall–Kier alpha value is -0.163. The highest BCUT2D eigenvalue weighted by Crippen LogP contribution is 2.14. The highest BCUT2D eigenvalue weighted by Gasteiger charge is 2.08. The molecular formula is C11H17BrO2Si. The summed E-state index contributed by atoms with van der Waals surface area (Å²) in [5.41, 5.74) is 1.37. The smallest absolute Gasteiger partial charge is 0.320 e. The molecule has 2 nitrogen and oxygen atoms in total. The maximum atomic E-state index is 5.27. The fraction of sp³-hybridized carbons (Fsp3) is 0.455. The van der Waals surface area contributed by atoms with Gasteiger partial charge in [0, 0.05) is 18.7 Å². The van der Waals surface area contributed by atoms with Crippen LogP contribution in [0.5, 0.6) is 0 Å². The van der Waals surface area contributed by atoms with Gasteiger partial charge in [0.25, 0.3) is 0 Å². The first kappa shape index (κ1) is 12.9. The van der Waals surface area contributed by atoms with Gasteiger partial charge in [0.2, 0.25) is 0 Å². The lowest BCUT2D eigenvalue weighted by Gasteiger charge is -2.10. The fourth-order valence-electron chi connectivity index (χ4n) is 1.50. The van der Waals surface area contributed by atoms with Crippen LogP contribution in [0.4, 0.5) is 0 Å². The highest BCUT2D eigenvalue weighted by atomic mass is 79.9. The van der Waals surface area contributed by atoms with Crippen molar-refractivity contribution in [1.82, 2.24) is 0 Å². The van der Waals surface area contributed by atoms with E-state index in [9.17, 15) is 0 Å². The third-order valence-electron chi connectivity index (χ3n) is 2.32. The molecule has 0 amide bonds. The Morgan fingerprint density at radius 3 is 2.60 bits per heavy atom. The molecule has 0 spiro atoms. The van der Waals surface area contributed by atoms with Crippen molar-refractivity contribution in [3.8, 4) is 0 Å². The van der Waals surface area contributed by atoms with E-state index in [0.717, 1.165) is 23.4 Å². The summed E-state index contributed by atoms with van der Waals surface area (Å²) in [5.74, 6) is 0. The molecule has 0 saturated heterocycles. The van der Waals surface area contributed by atoms with Crippen molar-refractivity contribution in [3.05, 3.63) is 34.3 Å². The van der Waals surface area contributed by atoms with E-state index in [0.29, 0.717) is 0 Å². The van der Waals surface area contributed by atoms with E-state index >= 15 is 0 Å². The number of aryl methyl sites for hydroxylation is 1. The van der Waals surface area contributed by atoms with E-state index in [-0.39, 0.29) is 0 Å². The Balaban J connectivity index is 2.31. The van der Waals surface area contributed by atoms with Crippen molar-refractivity contribution in [1.29, 1.82) is 0 Å². The van der Waals surface area contributed by atoms with Crippen LogP contribution in [0, 0.1) is 0 Å². The molecule has 0 aliphatic carbocycles. The number of halogens is 1. The topological polar surface area (TPSA) is 18.5 Å². The molecule has 0 fully saturated rings. The molecule has 0 heterocycles. The normalized spacial score (nSPS) is 10.9. The van der Waals surface area contributed by atoms with Crippen molar-refractivity contribution in [2.24, 2.45) is 0 Å². The van der Waals surface area contributed by atoms with E-state index in [1.54, 1.807) is 14.2 Å². The summed E-state index contributed by atoms with van der Waals surface area (Å²) >= 11 is 3.47. The predicted octanol–water partition coefficient (Wildman–Crippen LogP) is 2.90. The summed E-state index contributed by atoms with van der Waals surface area (Å²) in [7, 11) is 2.11. The van der Waals surface area contributed by atoms with Crippen molar-refractivity contribution < 1.29 is 8.85 Å². The minimum atomic E-state index is -1.36. The third-order valence-corrected chi connectivity index (χ3v) is 4.74. The summed E-state index contributed by atoms with van der Waals surface area (Å²) in [4.78, 5) is 0. The molecule has 0 saturated carbocycles. The van der Waals surface area contributed by atoms with Gasteiger partial charge >= 0.3 is 9.28 Å². The lowest BCUT2D eigenvalue weighted by atomic mass is 10.1. The van der Waals surface area contributed by atoms with Gasteiger partial charge in [-0.3, -0.25) is 0 Å². The van der Waals surface area contributed by atoms with Gasteiger partial charge in [-0.2, -0.15) is 0 Å². The second kappa shape index (κ2) is 7.17. The van der Waals surface area contributed by atoms with Gasteiger partial charge < -0.3 is 8.85 Å². The molecule has 84 valence electrons. The van der Waals surface area contributed by atoms with Gasteiger partial charge in [0.05, 0.1) is 0 Å². The van der Waals surface area contributed by atoms with Gasteiger partial charge in [0.1, 0.15) is 0 Å². The van der Waals surface area contributed by atoms with Gasteiger partial charge in [-0.05, 0) is 36.6 Å². The summed E-state index contributed by atoms with van der Waals surface area (Å²) in [6.07, 6.45) is 2.23. The van der Waals surface area contributed by atoms with E-state index < -0.39 is 9.28 Å². The van der Waals surface area contributed by atoms with Gasteiger partial charge in [-0.25, -0.2) is 0 Å². The molecule has 0 aliphatic heterocycles. The maximum absolute atomic E-state index is 5.27. The summed E-state index contributed by atoms with van der Waals surface area (Å²) in [5, 5.41) is 0. The second-order valence-corrected chi connectivity index (χ2v) is 6.72.